The standard InChI is InChI=1S/C12H15N5/c1-2-13-10-8-4-3-5-9(8)16-12(17-10)11-14-6-7-15-11/h6-7H,2-5H2,1H3,(H,14,15)(H,13,16,17). The molecule has 0 atom stereocenters. The van der Waals surface area contributed by atoms with E-state index in [0.717, 1.165) is 31.0 Å². The van der Waals surface area contributed by atoms with Gasteiger partial charge in [-0.25, -0.2) is 15.0 Å². The Balaban J connectivity index is 2.09. The summed E-state index contributed by atoms with van der Waals surface area (Å²) in [5.41, 5.74) is 2.45. The Bertz CT molecular complexity index is 518. The van der Waals surface area contributed by atoms with Gasteiger partial charge >= 0.3 is 0 Å². The topological polar surface area (TPSA) is 66.5 Å². The fourth-order valence-electron chi connectivity index (χ4n) is 2.24. The molecule has 0 aromatic carbocycles. The normalized spacial score (nSPS) is 13.7. The van der Waals surface area contributed by atoms with Crippen LogP contribution in [0.1, 0.15) is 24.6 Å². The molecule has 0 bridgehead atoms. The molecule has 0 amide bonds. The highest BCUT2D eigenvalue weighted by molar-refractivity contribution is 5.55. The van der Waals surface area contributed by atoms with E-state index in [9.17, 15) is 0 Å². The maximum absolute atomic E-state index is 4.59. The Hall–Kier alpha value is -1.91. The lowest BCUT2D eigenvalue weighted by atomic mass is 10.2. The van der Waals surface area contributed by atoms with Crippen molar-refractivity contribution in [2.24, 2.45) is 0 Å². The van der Waals surface area contributed by atoms with Crippen molar-refractivity contribution < 1.29 is 0 Å². The Morgan fingerprint density at radius 1 is 1.35 bits per heavy atom. The number of nitrogens with one attached hydrogen (secondary N) is 2. The van der Waals surface area contributed by atoms with Gasteiger partial charge in [-0.15, -0.1) is 0 Å². The highest BCUT2D eigenvalue weighted by atomic mass is 15.1. The van der Waals surface area contributed by atoms with E-state index < -0.39 is 0 Å². The predicted molar refractivity (Wildman–Crippen MR) is 65.8 cm³/mol. The molecule has 0 radical (unpaired) electrons. The number of aryl methyl sites for hydroxylation is 1. The molecule has 2 N–H and O–H groups in total. The molecule has 2 heterocycles. The molecule has 2 aromatic heterocycles. The van der Waals surface area contributed by atoms with E-state index >= 15 is 0 Å². The molecular weight excluding hydrogens is 214 g/mol. The van der Waals surface area contributed by atoms with Gasteiger partial charge in [0.15, 0.2) is 11.6 Å². The van der Waals surface area contributed by atoms with Crippen LogP contribution in [-0.2, 0) is 12.8 Å². The van der Waals surface area contributed by atoms with Crippen molar-refractivity contribution in [1.82, 2.24) is 19.9 Å². The highest BCUT2D eigenvalue weighted by Gasteiger charge is 2.20. The second-order valence-corrected chi connectivity index (χ2v) is 4.14. The average molecular weight is 229 g/mol. The van der Waals surface area contributed by atoms with Gasteiger partial charge in [0.1, 0.15) is 5.82 Å². The third-order valence-corrected chi connectivity index (χ3v) is 2.99. The third kappa shape index (κ3) is 1.77. The first-order valence-corrected chi connectivity index (χ1v) is 6.02. The molecule has 1 aliphatic carbocycles. The van der Waals surface area contributed by atoms with Crippen molar-refractivity contribution in [3.63, 3.8) is 0 Å². The van der Waals surface area contributed by atoms with Crippen LogP contribution in [0.15, 0.2) is 12.4 Å². The van der Waals surface area contributed by atoms with Crippen LogP contribution in [0, 0.1) is 0 Å². The van der Waals surface area contributed by atoms with Crippen LogP contribution in [0.25, 0.3) is 11.6 Å². The first kappa shape index (κ1) is 10.3. The number of fused-ring (bicyclic) bond motifs is 1. The van der Waals surface area contributed by atoms with Crippen molar-refractivity contribution in [3.8, 4) is 11.6 Å². The number of hydrogen-bond acceptors (Lipinski definition) is 4. The van der Waals surface area contributed by atoms with Crippen LogP contribution in [0.5, 0.6) is 0 Å². The van der Waals surface area contributed by atoms with Crippen LogP contribution in [0.3, 0.4) is 0 Å². The second kappa shape index (κ2) is 4.16. The van der Waals surface area contributed by atoms with Crippen molar-refractivity contribution in [1.29, 1.82) is 0 Å². The average Bonchev–Trinajstić information content (AvgIpc) is 3.00. The Morgan fingerprint density at radius 2 is 2.29 bits per heavy atom. The van der Waals surface area contributed by atoms with Crippen LogP contribution < -0.4 is 5.32 Å². The lowest BCUT2D eigenvalue weighted by molar-refractivity contribution is 0.899. The van der Waals surface area contributed by atoms with Crippen LogP contribution in [-0.4, -0.2) is 26.5 Å². The summed E-state index contributed by atoms with van der Waals surface area (Å²) in [7, 11) is 0. The molecular formula is C12H15N5. The van der Waals surface area contributed by atoms with E-state index in [1.165, 1.54) is 17.7 Å². The summed E-state index contributed by atoms with van der Waals surface area (Å²) in [6.07, 6.45) is 6.81. The van der Waals surface area contributed by atoms with E-state index in [-0.39, 0.29) is 0 Å². The van der Waals surface area contributed by atoms with Crippen molar-refractivity contribution in [2.45, 2.75) is 26.2 Å². The molecule has 0 saturated heterocycles. The lowest BCUT2D eigenvalue weighted by Crippen LogP contribution is -2.07. The van der Waals surface area contributed by atoms with Gasteiger partial charge < -0.3 is 10.3 Å². The van der Waals surface area contributed by atoms with Crippen LogP contribution in [0.4, 0.5) is 5.82 Å². The summed E-state index contributed by atoms with van der Waals surface area (Å²) in [6.45, 7) is 2.96. The molecule has 5 heteroatoms. The quantitative estimate of drug-likeness (QED) is 0.842. The molecule has 0 saturated carbocycles. The van der Waals surface area contributed by atoms with Crippen molar-refractivity contribution >= 4 is 5.82 Å². The Morgan fingerprint density at radius 3 is 3.06 bits per heavy atom. The Kier molecular flexibility index (Phi) is 2.51. The van der Waals surface area contributed by atoms with E-state index in [2.05, 4.69) is 32.2 Å². The lowest BCUT2D eigenvalue weighted by Gasteiger charge is -2.09. The van der Waals surface area contributed by atoms with E-state index in [0.29, 0.717) is 5.82 Å². The maximum atomic E-state index is 4.59. The molecule has 17 heavy (non-hydrogen) atoms. The van der Waals surface area contributed by atoms with E-state index in [4.69, 9.17) is 0 Å². The van der Waals surface area contributed by atoms with Gasteiger partial charge in [-0.05, 0) is 26.2 Å². The molecule has 88 valence electrons. The molecule has 0 spiro atoms. The minimum Gasteiger partial charge on any atom is -0.370 e. The number of rotatable bonds is 3. The largest absolute Gasteiger partial charge is 0.370 e. The number of anilines is 1. The number of hydrogen-bond donors (Lipinski definition) is 2. The highest BCUT2D eigenvalue weighted by Crippen LogP contribution is 2.28. The number of H-pyrrole nitrogens is 1. The first-order valence-electron chi connectivity index (χ1n) is 6.02. The molecule has 2 aromatic rings. The van der Waals surface area contributed by atoms with E-state index in [1.807, 2.05) is 0 Å². The van der Waals surface area contributed by atoms with Crippen molar-refractivity contribution in [3.05, 3.63) is 23.7 Å². The number of aromatic nitrogens is 4. The first-order chi connectivity index (χ1) is 8.38. The third-order valence-electron chi connectivity index (χ3n) is 2.99. The van der Waals surface area contributed by atoms with E-state index in [1.54, 1.807) is 12.4 Å². The van der Waals surface area contributed by atoms with Gasteiger partial charge in [-0.1, -0.05) is 0 Å². The van der Waals surface area contributed by atoms with Gasteiger partial charge in [0.2, 0.25) is 0 Å². The second-order valence-electron chi connectivity index (χ2n) is 4.14. The van der Waals surface area contributed by atoms with Gasteiger partial charge in [0, 0.05) is 30.2 Å². The van der Waals surface area contributed by atoms with Crippen LogP contribution in [0.2, 0.25) is 0 Å². The Labute approximate surface area is 99.7 Å². The summed E-state index contributed by atoms with van der Waals surface area (Å²) in [5.74, 6) is 2.40. The number of imidazole rings is 1. The zero-order valence-electron chi connectivity index (χ0n) is 9.82. The minimum atomic E-state index is 0.687. The van der Waals surface area contributed by atoms with Gasteiger partial charge in [0.25, 0.3) is 0 Å². The maximum Gasteiger partial charge on any atom is 0.197 e. The fourth-order valence-corrected chi connectivity index (χ4v) is 2.24. The summed E-state index contributed by atoms with van der Waals surface area (Å²) in [4.78, 5) is 16.4. The molecule has 5 nitrogen and oxygen atoms in total. The van der Waals surface area contributed by atoms with Gasteiger partial charge in [-0.3, -0.25) is 0 Å². The summed E-state index contributed by atoms with van der Waals surface area (Å²) >= 11 is 0. The summed E-state index contributed by atoms with van der Waals surface area (Å²) in [5, 5.41) is 3.32. The fraction of sp³-hybridized carbons (Fsp3) is 0.417. The SMILES string of the molecule is CCNc1nc(-c2ncc[nH]2)nc2c1CCC2. The van der Waals surface area contributed by atoms with Crippen LogP contribution >= 0.6 is 0 Å². The molecule has 0 fully saturated rings. The zero-order chi connectivity index (χ0) is 11.7. The smallest absolute Gasteiger partial charge is 0.197 e. The van der Waals surface area contributed by atoms with Gasteiger partial charge in [-0.2, -0.15) is 0 Å². The molecule has 3 rings (SSSR count). The molecule has 0 unspecified atom stereocenters. The minimum absolute atomic E-state index is 0.687. The summed E-state index contributed by atoms with van der Waals surface area (Å²) in [6, 6.07) is 0. The monoisotopic (exact) mass is 229 g/mol. The van der Waals surface area contributed by atoms with Gasteiger partial charge in [0.05, 0.1) is 0 Å². The van der Waals surface area contributed by atoms with Crippen molar-refractivity contribution in [2.75, 3.05) is 11.9 Å². The number of nitrogens with zero attached hydrogens (tertiary/aromatic N) is 3. The molecule has 0 aliphatic heterocycles. The number of aromatic amines is 1. The molecule has 1 aliphatic rings. The predicted octanol–water partition coefficient (Wildman–Crippen LogP) is 1.79. The zero-order valence-corrected chi connectivity index (χ0v) is 9.82. The summed E-state index contributed by atoms with van der Waals surface area (Å²) < 4.78 is 0.